The number of hydrogen-bond donors (Lipinski definition) is 1. The van der Waals surface area contributed by atoms with E-state index in [4.69, 9.17) is 5.73 Å². The lowest BCUT2D eigenvalue weighted by Gasteiger charge is -2.44. The Labute approximate surface area is 168 Å². The SMILES string of the molecule is N#CC1=C(N)C(C#N)(C#N)[C@H](c2cccs2)[C@@H]2C[C@H](c3ccccc3)CC=C12. The number of fused-ring (bicyclic) bond motifs is 1. The number of allylic oxidation sites excluding steroid dienone is 4. The fraction of sp³-hybridized carbons (Fsp3) is 0.261. The topological polar surface area (TPSA) is 97.4 Å². The Balaban J connectivity index is 1.91. The Morgan fingerprint density at radius 2 is 1.79 bits per heavy atom. The maximum Gasteiger partial charge on any atom is 0.192 e. The first kappa shape index (κ1) is 18.1. The Bertz CT molecular complexity index is 1060. The van der Waals surface area contributed by atoms with Crippen molar-refractivity contribution in [2.45, 2.75) is 24.7 Å². The van der Waals surface area contributed by atoms with Crippen molar-refractivity contribution in [1.29, 1.82) is 15.8 Å². The molecule has 4 rings (SSSR count). The molecule has 0 amide bonds. The molecular weight excluding hydrogens is 364 g/mol. The first-order valence-electron chi connectivity index (χ1n) is 9.18. The van der Waals surface area contributed by atoms with Gasteiger partial charge in [0.1, 0.15) is 6.07 Å². The Hall–Kier alpha value is -3.33. The van der Waals surface area contributed by atoms with Crippen LogP contribution in [-0.4, -0.2) is 0 Å². The first-order valence-corrected chi connectivity index (χ1v) is 10.1. The van der Waals surface area contributed by atoms with Gasteiger partial charge in [0.25, 0.3) is 0 Å². The van der Waals surface area contributed by atoms with Gasteiger partial charge in [-0.25, -0.2) is 0 Å². The lowest BCUT2D eigenvalue weighted by Crippen LogP contribution is -2.43. The van der Waals surface area contributed by atoms with Crippen LogP contribution >= 0.6 is 11.3 Å². The van der Waals surface area contributed by atoms with E-state index in [1.807, 2.05) is 35.7 Å². The van der Waals surface area contributed by atoms with E-state index in [0.29, 0.717) is 5.57 Å². The van der Waals surface area contributed by atoms with Crippen LogP contribution in [0.1, 0.15) is 35.1 Å². The van der Waals surface area contributed by atoms with Crippen LogP contribution in [0.25, 0.3) is 0 Å². The van der Waals surface area contributed by atoms with Crippen LogP contribution in [0.2, 0.25) is 0 Å². The third-order valence-electron chi connectivity index (χ3n) is 6.00. The van der Waals surface area contributed by atoms with Gasteiger partial charge in [-0.1, -0.05) is 42.5 Å². The monoisotopic (exact) mass is 382 g/mol. The summed E-state index contributed by atoms with van der Waals surface area (Å²) in [6.45, 7) is 0. The van der Waals surface area contributed by atoms with Crippen LogP contribution in [-0.2, 0) is 0 Å². The van der Waals surface area contributed by atoms with Gasteiger partial charge < -0.3 is 5.73 Å². The molecule has 0 radical (unpaired) electrons. The first-order chi connectivity index (χ1) is 13.7. The smallest absolute Gasteiger partial charge is 0.192 e. The molecule has 28 heavy (non-hydrogen) atoms. The maximum atomic E-state index is 10.1. The van der Waals surface area contributed by atoms with E-state index in [1.54, 1.807) is 0 Å². The number of hydrogen-bond acceptors (Lipinski definition) is 5. The number of nitriles is 3. The number of nitrogens with two attached hydrogens (primary N) is 1. The van der Waals surface area contributed by atoms with Crippen molar-refractivity contribution in [2.24, 2.45) is 17.1 Å². The maximum absolute atomic E-state index is 10.1. The van der Waals surface area contributed by atoms with E-state index in [9.17, 15) is 15.8 Å². The average molecular weight is 382 g/mol. The van der Waals surface area contributed by atoms with Crippen LogP contribution in [0.15, 0.2) is 70.8 Å². The number of nitrogens with zero attached hydrogens (tertiary/aromatic N) is 3. The van der Waals surface area contributed by atoms with Gasteiger partial charge in [-0.3, -0.25) is 0 Å². The molecule has 1 heterocycles. The molecule has 0 bridgehead atoms. The zero-order valence-corrected chi connectivity index (χ0v) is 16.0. The zero-order chi connectivity index (χ0) is 19.7. The van der Waals surface area contributed by atoms with Gasteiger partial charge in [-0.2, -0.15) is 15.8 Å². The second-order valence-corrected chi connectivity index (χ2v) is 8.25. The van der Waals surface area contributed by atoms with Crippen molar-refractivity contribution in [1.82, 2.24) is 0 Å². The summed E-state index contributed by atoms with van der Waals surface area (Å²) in [4.78, 5) is 0.965. The minimum absolute atomic E-state index is 0.0964. The van der Waals surface area contributed by atoms with Crippen molar-refractivity contribution in [3.63, 3.8) is 0 Å². The largest absolute Gasteiger partial charge is 0.399 e. The van der Waals surface area contributed by atoms with Crippen LogP contribution in [0.4, 0.5) is 0 Å². The molecule has 0 unspecified atom stereocenters. The Morgan fingerprint density at radius 1 is 1.04 bits per heavy atom. The third kappa shape index (κ3) is 2.55. The summed E-state index contributed by atoms with van der Waals surface area (Å²) in [6.07, 6.45) is 3.69. The van der Waals surface area contributed by atoms with E-state index in [1.165, 1.54) is 16.9 Å². The second-order valence-electron chi connectivity index (χ2n) is 7.27. The van der Waals surface area contributed by atoms with Gasteiger partial charge in [0.05, 0.1) is 23.4 Å². The summed E-state index contributed by atoms with van der Waals surface area (Å²) < 4.78 is 0. The standard InChI is InChI=1S/C23H18N4S/c24-12-19-17-9-8-16(15-5-2-1-3-6-15)11-18(17)21(20-7-4-10-28-20)23(13-25,14-26)22(19)27/h1-7,9-10,16,18,21H,8,11,27H2/t16-,18-,21+/m1/s1. The summed E-state index contributed by atoms with van der Waals surface area (Å²) >= 11 is 1.54. The molecule has 1 aromatic carbocycles. The molecule has 0 spiro atoms. The van der Waals surface area contributed by atoms with Crippen LogP contribution in [0.3, 0.4) is 0 Å². The van der Waals surface area contributed by atoms with Gasteiger partial charge in [0.2, 0.25) is 0 Å². The van der Waals surface area contributed by atoms with Gasteiger partial charge in [0, 0.05) is 10.8 Å². The summed E-state index contributed by atoms with van der Waals surface area (Å²) in [6, 6.07) is 20.7. The fourth-order valence-electron chi connectivity index (χ4n) is 4.66. The van der Waals surface area contributed by atoms with Gasteiger partial charge in [-0.05, 0) is 47.3 Å². The lowest BCUT2D eigenvalue weighted by molar-refractivity contribution is 0.307. The van der Waals surface area contributed by atoms with Crippen molar-refractivity contribution < 1.29 is 0 Å². The van der Waals surface area contributed by atoms with Crippen LogP contribution in [0, 0.1) is 45.3 Å². The zero-order valence-electron chi connectivity index (χ0n) is 15.2. The highest BCUT2D eigenvalue weighted by molar-refractivity contribution is 7.10. The molecule has 5 heteroatoms. The third-order valence-corrected chi connectivity index (χ3v) is 6.95. The average Bonchev–Trinajstić information content (AvgIpc) is 3.27. The molecule has 2 aliphatic carbocycles. The van der Waals surface area contributed by atoms with E-state index >= 15 is 0 Å². The molecule has 2 aliphatic rings. The highest BCUT2D eigenvalue weighted by Crippen LogP contribution is 2.58. The molecule has 2 aromatic rings. The van der Waals surface area contributed by atoms with Crippen molar-refractivity contribution in [2.75, 3.05) is 0 Å². The van der Waals surface area contributed by atoms with E-state index in [-0.39, 0.29) is 23.5 Å². The van der Waals surface area contributed by atoms with E-state index in [2.05, 4.69) is 36.4 Å². The molecule has 0 saturated heterocycles. The predicted octanol–water partition coefficient (Wildman–Crippen LogP) is 4.74. The Kier molecular flexibility index (Phi) is 4.52. The minimum atomic E-state index is -1.53. The van der Waals surface area contributed by atoms with Crippen LogP contribution < -0.4 is 5.73 Å². The number of rotatable bonds is 2. The van der Waals surface area contributed by atoms with Gasteiger partial charge >= 0.3 is 0 Å². The normalized spacial score (nSPS) is 25.6. The molecule has 3 atom stereocenters. The molecule has 4 nitrogen and oxygen atoms in total. The van der Waals surface area contributed by atoms with Gasteiger partial charge in [-0.15, -0.1) is 11.3 Å². The molecule has 136 valence electrons. The quantitative estimate of drug-likeness (QED) is 0.811. The van der Waals surface area contributed by atoms with Crippen molar-refractivity contribution in [3.05, 3.63) is 81.2 Å². The van der Waals surface area contributed by atoms with Gasteiger partial charge in [0.15, 0.2) is 5.41 Å². The number of benzene rings is 1. The summed E-state index contributed by atoms with van der Waals surface area (Å²) in [5.74, 6) is -0.192. The fourth-order valence-corrected chi connectivity index (χ4v) is 5.62. The Morgan fingerprint density at radius 3 is 2.39 bits per heavy atom. The molecule has 0 saturated carbocycles. The molecule has 0 fully saturated rings. The van der Waals surface area contributed by atoms with E-state index in [0.717, 1.165) is 23.3 Å². The molecule has 2 N–H and O–H groups in total. The lowest BCUT2D eigenvalue weighted by atomic mass is 9.57. The summed E-state index contributed by atoms with van der Waals surface area (Å²) in [7, 11) is 0. The summed E-state index contributed by atoms with van der Waals surface area (Å²) in [5.41, 5.74) is 7.33. The van der Waals surface area contributed by atoms with Crippen molar-refractivity contribution in [3.8, 4) is 18.2 Å². The highest BCUT2D eigenvalue weighted by Gasteiger charge is 2.54. The predicted molar refractivity (Wildman–Crippen MR) is 108 cm³/mol. The second kappa shape index (κ2) is 7.01. The summed E-state index contributed by atoms with van der Waals surface area (Å²) in [5, 5.41) is 31.8. The highest BCUT2D eigenvalue weighted by atomic mass is 32.1. The van der Waals surface area contributed by atoms with Crippen LogP contribution in [0.5, 0.6) is 0 Å². The number of thiophene rings is 1. The minimum Gasteiger partial charge on any atom is -0.399 e. The van der Waals surface area contributed by atoms with Crippen molar-refractivity contribution >= 4 is 11.3 Å². The van der Waals surface area contributed by atoms with E-state index < -0.39 is 5.41 Å². The molecule has 1 aromatic heterocycles. The molecular formula is C23H18N4S. The molecule has 0 aliphatic heterocycles.